The van der Waals surface area contributed by atoms with Crippen LogP contribution in [0.4, 0.5) is 0 Å². The molecular weight excluding hydrogens is 216 g/mol. The van der Waals surface area contributed by atoms with Gasteiger partial charge < -0.3 is 15.4 Å². The van der Waals surface area contributed by atoms with Gasteiger partial charge >= 0.3 is 0 Å². The molecule has 0 aromatic rings. The fraction of sp³-hybridized carbons (Fsp3) is 0.900. The highest BCUT2D eigenvalue weighted by Crippen LogP contribution is 2.12. The first-order valence-electron chi connectivity index (χ1n) is 5.40. The van der Waals surface area contributed by atoms with E-state index in [4.69, 9.17) is 4.74 Å². The lowest BCUT2D eigenvalue weighted by atomic mass is 10.0. The van der Waals surface area contributed by atoms with Crippen LogP contribution in [0.5, 0.6) is 0 Å². The van der Waals surface area contributed by atoms with E-state index in [9.17, 15) is 4.79 Å². The minimum absolute atomic E-state index is 0. The summed E-state index contributed by atoms with van der Waals surface area (Å²) in [5, 5.41) is 6.07. The summed E-state index contributed by atoms with van der Waals surface area (Å²) in [5.41, 5.74) is 0. The minimum atomic E-state index is 0. The molecule has 0 aromatic heterocycles. The third-order valence-electron chi connectivity index (χ3n) is 2.38. The molecule has 0 aromatic carbocycles. The molecular formula is C10H21ClN2O2. The van der Waals surface area contributed by atoms with Crippen LogP contribution < -0.4 is 10.6 Å². The average Bonchev–Trinajstić information content (AvgIpc) is 2.25. The summed E-state index contributed by atoms with van der Waals surface area (Å²) < 4.78 is 5.25. The number of carbonyl (C=O) groups excluding carboxylic acids is 1. The third-order valence-corrected chi connectivity index (χ3v) is 2.38. The first-order valence-corrected chi connectivity index (χ1v) is 5.40. The fourth-order valence-corrected chi connectivity index (χ4v) is 1.54. The molecule has 0 radical (unpaired) electrons. The topological polar surface area (TPSA) is 50.4 Å². The zero-order chi connectivity index (χ0) is 10.2. The van der Waals surface area contributed by atoms with Crippen LogP contribution in [-0.2, 0) is 9.53 Å². The molecule has 1 rings (SSSR count). The van der Waals surface area contributed by atoms with Crippen molar-refractivity contribution < 1.29 is 9.53 Å². The van der Waals surface area contributed by atoms with Crippen LogP contribution in [0.3, 0.4) is 0 Å². The van der Waals surface area contributed by atoms with Crippen molar-refractivity contribution in [2.75, 3.05) is 32.8 Å². The summed E-state index contributed by atoms with van der Waals surface area (Å²) in [6.45, 7) is 5.95. The number of carbonyl (C=O) groups is 1. The lowest BCUT2D eigenvalue weighted by Crippen LogP contribution is -2.38. The van der Waals surface area contributed by atoms with Crippen molar-refractivity contribution >= 4 is 18.3 Å². The molecule has 1 atom stereocenters. The molecule has 0 aliphatic carbocycles. The predicted octanol–water partition coefficient (Wildman–Crippen LogP) is 0.560. The second-order valence-electron chi connectivity index (χ2n) is 3.56. The van der Waals surface area contributed by atoms with Gasteiger partial charge in [-0.3, -0.25) is 4.79 Å². The van der Waals surface area contributed by atoms with Crippen LogP contribution in [-0.4, -0.2) is 38.8 Å². The molecule has 1 unspecified atom stereocenters. The van der Waals surface area contributed by atoms with E-state index in [2.05, 4.69) is 17.6 Å². The van der Waals surface area contributed by atoms with Crippen molar-refractivity contribution in [3.05, 3.63) is 0 Å². The van der Waals surface area contributed by atoms with Gasteiger partial charge in [-0.1, -0.05) is 6.92 Å². The Kier molecular flexibility index (Phi) is 8.76. The van der Waals surface area contributed by atoms with Crippen molar-refractivity contribution in [3.63, 3.8) is 0 Å². The highest BCUT2D eigenvalue weighted by Gasteiger charge is 2.20. The van der Waals surface area contributed by atoms with Crippen molar-refractivity contribution in [2.24, 2.45) is 5.92 Å². The average molecular weight is 237 g/mol. The number of halogens is 1. The van der Waals surface area contributed by atoms with E-state index >= 15 is 0 Å². The molecule has 0 bridgehead atoms. The highest BCUT2D eigenvalue weighted by atomic mass is 35.5. The molecule has 15 heavy (non-hydrogen) atoms. The van der Waals surface area contributed by atoms with Crippen molar-refractivity contribution in [1.29, 1.82) is 0 Å². The van der Waals surface area contributed by atoms with Crippen molar-refractivity contribution in [2.45, 2.75) is 19.8 Å². The zero-order valence-corrected chi connectivity index (χ0v) is 10.1. The second kappa shape index (κ2) is 8.95. The van der Waals surface area contributed by atoms with E-state index < -0.39 is 0 Å². The van der Waals surface area contributed by atoms with E-state index in [0.29, 0.717) is 13.2 Å². The van der Waals surface area contributed by atoms with Gasteiger partial charge in [-0.25, -0.2) is 0 Å². The Hall–Kier alpha value is -0.320. The predicted molar refractivity (Wildman–Crippen MR) is 62.3 cm³/mol. The molecule has 90 valence electrons. The Labute approximate surface area is 97.5 Å². The molecule has 0 saturated carbocycles. The lowest BCUT2D eigenvalue weighted by Gasteiger charge is -2.21. The van der Waals surface area contributed by atoms with Crippen LogP contribution in [0.2, 0.25) is 0 Å². The van der Waals surface area contributed by atoms with Crippen LogP contribution in [0.1, 0.15) is 19.8 Å². The van der Waals surface area contributed by atoms with Gasteiger partial charge in [0.15, 0.2) is 0 Å². The molecule has 2 N–H and O–H groups in total. The molecule has 1 fully saturated rings. The third kappa shape index (κ3) is 5.97. The summed E-state index contributed by atoms with van der Waals surface area (Å²) in [7, 11) is 0. The molecule has 1 saturated heterocycles. The quantitative estimate of drug-likeness (QED) is 0.686. The Morgan fingerprint density at radius 3 is 2.87 bits per heavy atom. The lowest BCUT2D eigenvalue weighted by molar-refractivity contribution is -0.128. The first-order chi connectivity index (χ1) is 6.84. The second-order valence-corrected chi connectivity index (χ2v) is 3.56. The van der Waals surface area contributed by atoms with Crippen molar-refractivity contribution in [3.8, 4) is 0 Å². The molecule has 1 aliphatic rings. The SMILES string of the molecule is CCNCCNC(=O)C1CCCOC1.Cl. The first kappa shape index (κ1) is 14.7. The number of amides is 1. The van der Waals surface area contributed by atoms with E-state index in [1.807, 2.05) is 0 Å². The Morgan fingerprint density at radius 1 is 1.47 bits per heavy atom. The van der Waals surface area contributed by atoms with Gasteiger partial charge in [-0.05, 0) is 19.4 Å². The summed E-state index contributed by atoms with van der Waals surface area (Å²) in [5.74, 6) is 0.216. The van der Waals surface area contributed by atoms with Gasteiger partial charge in [0.25, 0.3) is 0 Å². The monoisotopic (exact) mass is 236 g/mol. The van der Waals surface area contributed by atoms with Gasteiger partial charge in [0.05, 0.1) is 12.5 Å². The fourth-order valence-electron chi connectivity index (χ4n) is 1.54. The van der Waals surface area contributed by atoms with Gasteiger partial charge in [0, 0.05) is 19.7 Å². The maximum atomic E-state index is 11.5. The number of hydrogen-bond acceptors (Lipinski definition) is 3. The largest absolute Gasteiger partial charge is 0.381 e. The standard InChI is InChI=1S/C10H20N2O2.ClH/c1-2-11-5-6-12-10(13)9-4-3-7-14-8-9;/h9,11H,2-8H2,1H3,(H,12,13);1H. The van der Waals surface area contributed by atoms with E-state index in [-0.39, 0.29) is 24.2 Å². The molecule has 4 nitrogen and oxygen atoms in total. The molecule has 1 heterocycles. The van der Waals surface area contributed by atoms with Gasteiger partial charge in [-0.15, -0.1) is 12.4 Å². The number of rotatable bonds is 5. The van der Waals surface area contributed by atoms with Crippen LogP contribution in [0, 0.1) is 5.92 Å². The Bertz CT molecular complexity index is 173. The maximum Gasteiger partial charge on any atom is 0.225 e. The number of likely N-dealkylation sites (N-methyl/N-ethyl adjacent to an activating group) is 1. The van der Waals surface area contributed by atoms with E-state index in [1.165, 1.54) is 0 Å². The summed E-state index contributed by atoms with van der Waals surface area (Å²) in [6, 6.07) is 0. The molecule has 0 spiro atoms. The number of hydrogen-bond donors (Lipinski definition) is 2. The molecule has 5 heteroatoms. The summed E-state index contributed by atoms with van der Waals surface area (Å²) in [6.07, 6.45) is 1.97. The van der Waals surface area contributed by atoms with Crippen LogP contribution in [0.15, 0.2) is 0 Å². The van der Waals surface area contributed by atoms with Crippen LogP contribution in [0.25, 0.3) is 0 Å². The summed E-state index contributed by atoms with van der Waals surface area (Å²) >= 11 is 0. The molecule has 1 amide bonds. The smallest absolute Gasteiger partial charge is 0.225 e. The van der Waals surface area contributed by atoms with Gasteiger partial charge in [-0.2, -0.15) is 0 Å². The highest BCUT2D eigenvalue weighted by molar-refractivity contribution is 5.85. The van der Waals surface area contributed by atoms with Gasteiger partial charge in [0.2, 0.25) is 5.91 Å². The zero-order valence-electron chi connectivity index (χ0n) is 9.25. The van der Waals surface area contributed by atoms with E-state index in [0.717, 1.165) is 32.5 Å². The molecule has 1 aliphatic heterocycles. The minimum Gasteiger partial charge on any atom is -0.381 e. The van der Waals surface area contributed by atoms with Crippen molar-refractivity contribution in [1.82, 2.24) is 10.6 Å². The van der Waals surface area contributed by atoms with Crippen LogP contribution >= 0.6 is 12.4 Å². The Morgan fingerprint density at radius 2 is 2.27 bits per heavy atom. The van der Waals surface area contributed by atoms with E-state index in [1.54, 1.807) is 0 Å². The van der Waals surface area contributed by atoms with Gasteiger partial charge in [0.1, 0.15) is 0 Å². The number of ether oxygens (including phenoxy) is 1. The Balaban J connectivity index is 0.00000196. The maximum absolute atomic E-state index is 11.5. The number of nitrogens with one attached hydrogen (secondary N) is 2. The normalized spacial score (nSPS) is 20.5. The summed E-state index contributed by atoms with van der Waals surface area (Å²) in [4.78, 5) is 11.5.